The lowest BCUT2D eigenvalue weighted by Crippen LogP contribution is -2.41. The minimum Gasteiger partial charge on any atom is -0.479 e. The normalized spacial score (nSPS) is 15.8. The van der Waals surface area contributed by atoms with Gasteiger partial charge in [0.1, 0.15) is 0 Å². The number of carboxylic acids is 1. The molecule has 0 aromatic carbocycles. The van der Waals surface area contributed by atoms with Crippen molar-refractivity contribution in [1.29, 1.82) is 0 Å². The first-order valence-electron chi connectivity index (χ1n) is 2.74. The van der Waals surface area contributed by atoms with Crippen LogP contribution in [0, 0.1) is 0 Å². The number of aliphatic hydroxyl groups excluding tert-OH is 1. The molecule has 4 nitrogen and oxygen atoms in total. The zero-order valence-electron chi connectivity index (χ0n) is 5.45. The van der Waals surface area contributed by atoms with Crippen LogP contribution >= 0.6 is 0 Å². The zero-order chi connectivity index (χ0) is 8.20. The SMILES string of the molecule is C=CCC(O)(CO)C(=O)O. The average Bonchev–Trinajstić information content (AvgIpc) is 1.88. The van der Waals surface area contributed by atoms with Crippen molar-refractivity contribution >= 4 is 5.97 Å². The Hall–Kier alpha value is -0.870. The van der Waals surface area contributed by atoms with Crippen LogP contribution in [0.15, 0.2) is 12.7 Å². The summed E-state index contributed by atoms with van der Waals surface area (Å²) in [5, 5.41) is 25.7. The number of rotatable bonds is 4. The number of hydrogen-bond acceptors (Lipinski definition) is 3. The largest absolute Gasteiger partial charge is 0.479 e. The van der Waals surface area contributed by atoms with Crippen LogP contribution in [0.2, 0.25) is 0 Å². The first-order valence-corrected chi connectivity index (χ1v) is 2.74. The molecule has 10 heavy (non-hydrogen) atoms. The highest BCUT2D eigenvalue weighted by Crippen LogP contribution is 2.09. The van der Waals surface area contributed by atoms with E-state index in [1.165, 1.54) is 6.08 Å². The summed E-state index contributed by atoms with van der Waals surface area (Å²) < 4.78 is 0. The molecule has 0 heterocycles. The maximum absolute atomic E-state index is 10.2. The van der Waals surface area contributed by atoms with Crippen molar-refractivity contribution in [1.82, 2.24) is 0 Å². The molecule has 0 rings (SSSR count). The Bertz CT molecular complexity index is 143. The van der Waals surface area contributed by atoms with E-state index in [0.29, 0.717) is 0 Å². The van der Waals surface area contributed by atoms with Crippen LogP contribution in [0.25, 0.3) is 0 Å². The van der Waals surface area contributed by atoms with E-state index in [4.69, 9.17) is 15.3 Å². The molecule has 0 spiro atoms. The summed E-state index contributed by atoms with van der Waals surface area (Å²) in [4.78, 5) is 10.2. The number of aliphatic hydroxyl groups is 2. The lowest BCUT2D eigenvalue weighted by atomic mass is 10.0. The topological polar surface area (TPSA) is 77.8 Å². The molecule has 0 aliphatic rings. The van der Waals surface area contributed by atoms with Crippen molar-refractivity contribution in [3.05, 3.63) is 12.7 Å². The Morgan fingerprint density at radius 3 is 2.30 bits per heavy atom. The van der Waals surface area contributed by atoms with Gasteiger partial charge in [0.15, 0.2) is 5.60 Å². The third kappa shape index (κ3) is 1.82. The van der Waals surface area contributed by atoms with Gasteiger partial charge in [0, 0.05) is 6.42 Å². The van der Waals surface area contributed by atoms with Gasteiger partial charge >= 0.3 is 5.97 Å². The molecule has 0 saturated carbocycles. The van der Waals surface area contributed by atoms with Crippen LogP contribution in [-0.4, -0.2) is 33.5 Å². The van der Waals surface area contributed by atoms with Crippen LogP contribution in [0.1, 0.15) is 6.42 Å². The van der Waals surface area contributed by atoms with E-state index in [9.17, 15) is 4.79 Å². The van der Waals surface area contributed by atoms with Crippen molar-refractivity contribution in [2.24, 2.45) is 0 Å². The summed E-state index contributed by atoms with van der Waals surface area (Å²) in [6.45, 7) is 2.44. The average molecular weight is 146 g/mol. The predicted molar refractivity (Wildman–Crippen MR) is 34.5 cm³/mol. The van der Waals surface area contributed by atoms with Gasteiger partial charge in [0.05, 0.1) is 6.61 Å². The van der Waals surface area contributed by atoms with Crippen molar-refractivity contribution in [3.8, 4) is 0 Å². The van der Waals surface area contributed by atoms with Crippen molar-refractivity contribution in [3.63, 3.8) is 0 Å². The Morgan fingerprint density at radius 2 is 2.20 bits per heavy atom. The van der Waals surface area contributed by atoms with Gasteiger partial charge in [-0.25, -0.2) is 4.79 Å². The van der Waals surface area contributed by atoms with Gasteiger partial charge in [-0.3, -0.25) is 0 Å². The predicted octanol–water partition coefficient (Wildman–Crippen LogP) is -0.629. The highest BCUT2D eigenvalue weighted by Gasteiger charge is 2.33. The Kier molecular flexibility index (Phi) is 3.05. The van der Waals surface area contributed by atoms with Crippen LogP contribution in [0.5, 0.6) is 0 Å². The molecule has 0 aromatic heterocycles. The second-order valence-corrected chi connectivity index (χ2v) is 1.99. The minimum absolute atomic E-state index is 0.154. The summed E-state index contributed by atoms with van der Waals surface area (Å²) >= 11 is 0. The van der Waals surface area contributed by atoms with Gasteiger partial charge in [-0.2, -0.15) is 0 Å². The summed E-state index contributed by atoms with van der Waals surface area (Å²) in [5.74, 6) is -1.44. The van der Waals surface area contributed by atoms with Gasteiger partial charge in [-0.1, -0.05) is 6.08 Å². The molecule has 0 bridgehead atoms. The molecule has 0 radical (unpaired) electrons. The summed E-state index contributed by atoms with van der Waals surface area (Å²) in [7, 11) is 0. The molecular weight excluding hydrogens is 136 g/mol. The third-order valence-electron chi connectivity index (χ3n) is 1.14. The van der Waals surface area contributed by atoms with Crippen LogP contribution in [0.4, 0.5) is 0 Å². The molecule has 0 aromatic rings. The van der Waals surface area contributed by atoms with E-state index in [0.717, 1.165) is 0 Å². The Labute approximate surface area is 58.4 Å². The minimum atomic E-state index is -2.05. The van der Waals surface area contributed by atoms with Crippen LogP contribution < -0.4 is 0 Å². The standard InChI is InChI=1S/C6H10O4/c1-2-3-6(10,4-7)5(8)9/h2,7,10H,1,3-4H2,(H,8,9). The van der Waals surface area contributed by atoms with Crippen molar-refractivity contribution in [2.45, 2.75) is 12.0 Å². The number of aliphatic carboxylic acids is 1. The molecule has 58 valence electrons. The molecule has 3 N–H and O–H groups in total. The van der Waals surface area contributed by atoms with Gasteiger partial charge in [0.25, 0.3) is 0 Å². The molecule has 0 saturated heterocycles. The van der Waals surface area contributed by atoms with Gasteiger partial charge in [-0.05, 0) is 0 Å². The van der Waals surface area contributed by atoms with Gasteiger partial charge < -0.3 is 15.3 Å². The molecule has 4 heteroatoms. The van der Waals surface area contributed by atoms with Crippen molar-refractivity contribution in [2.75, 3.05) is 6.61 Å². The van der Waals surface area contributed by atoms with E-state index in [1.54, 1.807) is 0 Å². The van der Waals surface area contributed by atoms with Crippen molar-refractivity contribution < 1.29 is 20.1 Å². The first kappa shape index (κ1) is 9.13. The smallest absolute Gasteiger partial charge is 0.338 e. The lowest BCUT2D eigenvalue weighted by molar-refractivity contribution is -0.162. The van der Waals surface area contributed by atoms with Gasteiger partial charge in [-0.15, -0.1) is 6.58 Å². The second-order valence-electron chi connectivity index (χ2n) is 1.99. The van der Waals surface area contributed by atoms with E-state index < -0.39 is 18.2 Å². The molecule has 0 fully saturated rings. The van der Waals surface area contributed by atoms with Crippen LogP contribution in [0.3, 0.4) is 0 Å². The number of hydrogen-bond donors (Lipinski definition) is 3. The second kappa shape index (κ2) is 3.34. The summed E-state index contributed by atoms with van der Waals surface area (Å²) in [6.07, 6.45) is 1.09. The first-order chi connectivity index (χ1) is 4.56. The fourth-order valence-electron chi connectivity index (χ4n) is 0.458. The van der Waals surface area contributed by atoms with Gasteiger partial charge in [0.2, 0.25) is 0 Å². The fourth-order valence-corrected chi connectivity index (χ4v) is 0.458. The fraction of sp³-hybridized carbons (Fsp3) is 0.500. The summed E-state index contributed by atoms with van der Waals surface area (Å²) in [6, 6.07) is 0. The zero-order valence-corrected chi connectivity index (χ0v) is 5.45. The van der Waals surface area contributed by atoms with Crippen LogP contribution in [-0.2, 0) is 4.79 Å². The number of carbonyl (C=O) groups is 1. The Balaban J connectivity index is 4.21. The highest BCUT2D eigenvalue weighted by molar-refractivity contribution is 5.77. The molecule has 1 unspecified atom stereocenters. The number of carboxylic acid groups (broad SMARTS) is 1. The molecular formula is C6H10O4. The lowest BCUT2D eigenvalue weighted by Gasteiger charge is -2.17. The molecule has 0 amide bonds. The monoisotopic (exact) mass is 146 g/mol. The molecule has 0 aliphatic heterocycles. The Morgan fingerprint density at radius 1 is 1.70 bits per heavy atom. The van der Waals surface area contributed by atoms with E-state index in [1.807, 2.05) is 0 Å². The maximum Gasteiger partial charge on any atom is 0.338 e. The highest BCUT2D eigenvalue weighted by atomic mass is 16.4. The van der Waals surface area contributed by atoms with E-state index >= 15 is 0 Å². The van der Waals surface area contributed by atoms with E-state index in [2.05, 4.69) is 6.58 Å². The summed E-state index contributed by atoms with van der Waals surface area (Å²) in [5.41, 5.74) is -2.05. The van der Waals surface area contributed by atoms with E-state index in [-0.39, 0.29) is 6.42 Å². The quantitative estimate of drug-likeness (QED) is 0.461. The molecule has 0 aliphatic carbocycles. The molecule has 1 atom stereocenters. The maximum atomic E-state index is 10.2. The third-order valence-corrected chi connectivity index (χ3v) is 1.14.